The van der Waals surface area contributed by atoms with Gasteiger partial charge in [-0.1, -0.05) is 18.5 Å². The highest BCUT2D eigenvalue weighted by Crippen LogP contribution is 2.29. The Balaban J connectivity index is 1.54. The van der Waals surface area contributed by atoms with Crippen molar-refractivity contribution in [2.24, 2.45) is 0 Å². The second-order valence-corrected chi connectivity index (χ2v) is 8.26. The van der Waals surface area contributed by atoms with E-state index in [0.29, 0.717) is 36.0 Å². The van der Waals surface area contributed by atoms with Gasteiger partial charge in [-0.05, 0) is 61.1 Å². The number of thiocarbonyl (C=S) groups is 1. The van der Waals surface area contributed by atoms with E-state index in [2.05, 4.69) is 15.5 Å². The summed E-state index contributed by atoms with van der Waals surface area (Å²) in [5, 5.41) is 6.42. The van der Waals surface area contributed by atoms with Crippen LogP contribution in [0.3, 0.4) is 0 Å². The summed E-state index contributed by atoms with van der Waals surface area (Å²) in [5.41, 5.74) is 2.06. The van der Waals surface area contributed by atoms with Gasteiger partial charge in [0.25, 0.3) is 5.91 Å². The Hall–Kier alpha value is -2.84. The summed E-state index contributed by atoms with van der Waals surface area (Å²) in [6.07, 6.45) is 0.920. The zero-order chi connectivity index (χ0) is 23.1. The molecule has 0 unspecified atom stereocenters. The van der Waals surface area contributed by atoms with Gasteiger partial charge >= 0.3 is 0 Å². The van der Waals surface area contributed by atoms with Crippen molar-refractivity contribution >= 4 is 52.1 Å². The Morgan fingerprint density at radius 3 is 2.38 bits per heavy atom. The van der Waals surface area contributed by atoms with Crippen LogP contribution in [0, 0.1) is 0 Å². The van der Waals surface area contributed by atoms with E-state index in [0.717, 1.165) is 30.9 Å². The number of piperazine rings is 1. The fraction of sp³-hybridized carbons (Fsp3) is 0.348. The maximum atomic E-state index is 12.4. The number of ether oxygens (including phenoxy) is 1. The average Bonchev–Trinajstić information content (AvgIpc) is 2.78. The van der Waals surface area contributed by atoms with Gasteiger partial charge in [0.1, 0.15) is 5.75 Å². The van der Waals surface area contributed by atoms with Crippen molar-refractivity contribution in [2.45, 2.75) is 20.3 Å². The van der Waals surface area contributed by atoms with Crippen LogP contribution in [0.5, 0.6) is 5.75 Å². The van der Waals surface area contributed by atoms with E-state index in [-0.39, 0.29) is 16.9 Å². The summed E-state index contributed by atoms with van der Waals surface area (Å²) in [6, 6.07) is 12.4. The van der Waals surface area contributed by atoms with Crippen molar-refractivity contribution in [3.05, 3.63) is 53.1 Å². The van der Waals surface area contributed by atoms with Gasteiger partial charge in [-0.3, -0.25) is 14.9 Å². The minimum Gasteiger partial charge on any atom is -0.494 e. The summed E-state index contributed by atoms with van der Waals surface area (Å²) in [7, 11) is 0. The van der Waals surface area contributed by atoms with Gasteiger partial charge in [-0.25, -0.2) is 0 Å². The lowest BCUT2D eigenvalue weighted by atomic mass is 10.2. The zero-order valence-electron chi connectivity index (χ0n) is 18.2. The second kappa shape index (κ2) is 11.2. The molecule has 9 heteroatoms. The summed E-state index contributed by atoms with van der Waals surface area (Å²) >= 11 is 11.8. The number of nitrogens with zero attached hydrogens (tertiary/aromatic N) is 2. The first kappa shape index (κ1) is 23.8. The maximum absolute atomic E-state index is 12.4. The third-order valence-electron chi connectivity index (χ3n) is 5.09. The number of halogens is 1. The molecule has 1 aliphatic rings. The molecule has 0 bridgehead atoms. The molecule has 0 aliphatic carbocycles. The first-order valence-electron chi connectivity index (χ1n) is 10.5. The van der Waals surface area contributed by atoms with Gasteiger partial charge in [-0.2, -0.15) is 0 Å². The molecule has 0 saturated carbocycles. The van der Waals surface area contributed by atoms with E-state index < -0.39 is 0 Å². The lowest BCUT2D eigenvalue weighted by Crippen LogP contribution is -2.48. The SMILES string of the molecule is CCCOc1ccc(C(=O)NC(=S)Nc2ccc(N3CCN(C(C)=O)CC3)c(Cl)c2)cc1. The Kier molecular flexibility index (Phi) is 8.30. The van der Waals surface area contributed by atoms with Crippen LogP contribution in [0.1, 0.15) is 30.6 Å². The summed E-state index contributed by atoms with van der Waals surface area (Å²) in [5.74, 6) is 0.503. The van der Waals surface area contributed by atoms with E-state index in [1.54, 1.807) is 37.3 Å². The van der Waals surface area contributed by atoms with Crippen molar-refractivity contribution in [3.8, 4) is 5.75 Å². The van der Waals surface area contributed by atoms with Crippen molar-refractivity contribution in [3.63, 3.8) is 0 Å². The fourth-order valence-electron chi connectivity index (χ4n) is 3.36. The van der Waals surface area contributed by atoms with Crippen LogP contribution >= 0.6 is 23.8 Å². The number of amides is 2. The van der Waals surface area contributed by atoms with Crippen LogP contribution < -0.4 is 20.3 Å². The molecule has 1 saturated heterocycles. The minimum absolute atomic E-state index is 0.0895. The van der Waals surface area contributed by atoms with Crippen molar-refractivity contribution < 1.29 is 14.3 Å². The summed E-state index contributed by atoms with van der Waals surface area (Å²) in [6.45, 7) is 7.05. The topological polar surface area (TPSA) is 73.9 Å². The zero-order valence-corrected chi connectivity index (χ0v) is 19.8. The van der Waals surface area contributed by atoms with Gasteiger partial charge in [0, 0.05) is 44.4 Å². The van der Waals surface area contributed by atoms with E-state index in [9.17, 15) is 9.59 Å². The number of rotatable bonds is 6. The van der Waals surface area contributed by atoms with Crippen LogP contribution in [0.25, 0.3) is 0 Å². The van der Waals surface area contributed by atoms with Crippen molar-refractivity contribution in [1.29, 1.82) is 0 Å². The number of hydrogen-bond donors (Lipinski definition) is 2. The molecular formula is C23H27ClN4O3S. The number of nitrogens with one attached hydrogen (secondary N) is 2. The molecule has 2 aromatic rings. The Morgan fingerprint density at radius 2 is 1.78 bits per heavy atom. The number of carbonyl (C=O) groups is 2. The smallest absolute Gasteiger partial charge is 0.257 e. The third-order valence-corrected chi connectivity index (χ3v) is 5.59. The van der Waals surface area contributed by atoms with Gasteiger partial charge in [0.15, 0.2) is 5.11 Å². The molecule has 1 aliphatic heterocycles. The molecule has 2 amide bonds. The van der Waals surface area contributed by atoms with Crippen molar-refractivity contribution in [1.82, 2.24) is 10.2 Å². The van der Waals surface area contributed by atoms with Gasteiger partial charge in [0.05, 0.1) is 17.3 Å². The Labute approximate surface area is 198 Å². The van der Waals surface area contributed by atoms with E-state index in [1.807, 2.05) is 24.0 Å². The number of carbonyl (C=O) groups excluding carboxylic acids is 2. The number of benzene rings is 2. The molecule has 3 rings (SSSR count). The quantitative estimate of drug-likeness (QED) is 0.618. The van der Waals surface area contributed by atoms with E-state index >= 15 is 0 Å². The van der Waals surface area contributed by atoms with Gasteiger partial charge in [0.2, 0.25) is 5.91 Å². The van der Waals surface area contributed by atoms with Crippen LogP contribution in [0.2, 0.25) is 5.02 Å². The highest BCUT2D eigenvalue weighted by molar-refractivity contribution is 7.80. The molecule has 0 spiro atoms. The fourth-order valence-corrected chi connectivity index (χ4v) is 3.87. The minimum atomic E-state index is -0.310. The third kappa shape index (κ3) is 6.34. The van der Waals surface area contributed by atoms with Crippen molar-refractivity contribution in [2.75, 3.05) is 43.0 Å². The summed E-state index contributed by atoms with van der Waals surface area (Å²) < 4.78 is 5.53. The molecule has 32 heavy (non-hydrogen) atoms. The van der Waals surface area contributed by atoms with E-state index in [1.165, 1.54) is 0 Å². The maximum Gasteiger partial charge on any atom is 0.257 e. The van der Waals surface area contributed by atoms with Gasteiger partial charge in [-0.15, -0.1) is 0 Å². The molecular weight excluding hydrogens is 448 g/mol. The van der Waals surface area contributed by atoms with Crippen LogP contribution in [0.15, 0.2) is 42.5 Å². The first-order chi connectivity index (χ1) is 15.4. The second-order valence-electron chi connectivity index (χ2n) is 7.44. The largest absolute Gasteiger partial charge is 0.494 e. The molecule has 0 radical (unpaired) electrons. The predicted molar refractivity (Wildman–Crippen MR) is 132 cm³/mol. The average molecular weight is 475 g/mol. The Bertz CT molecular complexity index is 976. The molecule has 2 N–H and O–H groups in total. The van der Waals surface area contributed by atoms with Crippen LogP contribution in [0.4, 0.5) is 11.4 Å². The molecule has 1 fully saturated rings. The van der Waals surface area contributed by atoms with Gasteiger partial charge < -0.3 is 19.9 Å². The van der Waals surface area contributed by atoms with Crippen LogP contribution in [-0.2, 0) is 4.79 Å². The molecule has 1 heterocycles. The Morgan fingerprint density at radius 1 is 1.09 bits per heavy atom. The standard InChI is InChI=1S/C23H27ClN4O3S/c1-3-14-31-19-7-4-17(5-8-19)22(30)26-23(32)25-18-6-9-21(20(24)15-18)28-12-10-27(11-13-28)16(2)29/h4-9,15H,3,10-14H2,1-2H3,(H2,25,26,30,32). The highest BCUT2D eigenvalue weighted by atomic mass is 35.5. The van der Waals surface area contributed by atoms with Crippen LogP contribution in [-0.4, -0.2) is 54.6 Å². The lowest BCUT2D eigenvalue weighted by molar-refractivity contribution is -0.129. The number of anilines is 2. The summed E-state index contributed by atoms with van der Waals surface area (Å²) in [4.78, 5) is 27.9. The molecule has 0 aromatic heterocycles. The predicted octanol–water partition coefficient (Wildman–Crippen LogP) is 3.92. The first-order valence-corrected chi connectivity index (χ1v) is 11.3. The monoisotopic (exact) mass is 474 g/mol. The normalized spacial score (nSPS) is 13.5. The lowest BCUT2D eigenvalue weighted by Gasteiger charge is -2.36. The molecule has 2 aromatic carbocycles. The molecule has 0 atom stereocenters. The molecule has 170 valence electrons. The highest BCUT2D eigenvalue weighted by Gasteiger charge is 2.20. The van der Waals surface area contributed by atoms with E-state index in [4.69, 9.17) is 28.6 Å². The number of hydrogen-bond acceptors (Lipinski definition) is 5. The molecule has 7 nitrogen and oxygen atoms in total.